The van der Waals surface area contributed by atoms with E-state index in [0.29, 0.717) is 0 Å². The summed E-state index contributed by atoms with van der Waals surface area (Å²) in [6.45, 7) is 3.68. The highest BCUT2D eigenvalue weighted by molar-refractivity contribution is 5.81. The van der Waals surface area contributed by atoms with Crippen molar-refractivity contribution in [1.82, 2.24) is 20.4 Å². The number of hydrogen-bond donors (Lipinski definition) is 2. The molecule has 0 saturated carbocycles. The van der Waals surface area contributed by atoms with Gasteiger partial charge in [0.25, 0.3) is 0 Å². The zero-order chi connectivity index (χ0) is 12.1. The SMILES string of the molecule is CC(Cn1cccn1)NC1CCCCNC1=O. The summed E-state index contributed by atoms with van der Waals surface area (Å²) in [5.74, 6) is 0.134. The minimum absolute atomic E-state index is 0.0527. The summed E-state index contributed by atoms with van der Waals surface area (Å²) >= 11 is 0. The largest absolute Gasteiger partial charge is 0.355 e. The van der Waals surface area contributed by atoms with Crippen LogP contribution in [0.2, 0.25) is 0 Å². The molecule has 2 N–H and O–H groups in total. The minimum atomic E-state index is -0.0527. The van der Waals surface area contributed by atoms with Gasteiger partial charge in [0.2, 0.25) is 5.91 Å². The predicted molar refractivity (Wildman–Crippen MR) is 65.5 cm³/mol. The van der Waals surface area contributed by atoms with Crippen molar-refractivity contribution < 1.29 is 4.79 Å². The van der Waals surface area contributed by atoms with Gasteiger partial charge in [-0.15, -0.1) is 0 Å². The lowest BCUT2D eigenvalue weighted by atomic mass is 10.1. The van der Waals surface area contributed by atoms with Crippen LogP contribution in [0, 0.1) is 0 Å². The molecule has 0 aromatic carbocycles. The van der Waals surface area contributed by atoms with Crippen molar-refractivity contribution in [3.8, 4) is 0 Å². The average Bonchev–Trinajstić information content (AvgIpc) is 2.71. The van der Waals surface area contributed by atoms with Gasteiger partial charge < -0.3 is 10.6 Å². The fourth-order valence-electron chi connectivity index (χ4n) is 2.18. The molecule has 0 bridgehead atoms. The molecule has 5 heteroatoms. The van der Waals surface area contributed by atoms with E-state index in [9.17, 15) is 4.79 Å². The molecule has 1 fully saturated rings. The molecule has 2 heterocycles. The lowest BCUT2D eigenvalue weighted by Crippen LogP contribution is -2.47. The predicted octanol–water partition coefficient (Wildman–Crippen LogP) is 0.530. The second kappa shape index (κ2) is 5.82. The Labute approximate surface area is 102 Å². The van der Waals surface area contributed by atoms with Crippen LogP contribution in [-0.2, 0) is 11.3 Å². The number of carbonyl (C=O) groups is 1. The van der Waals surface area contributed by atoms with Crippen LogP contribution >= 0.6 is 0 Å². The van der Waals surface area contributed by atoms with Crippen molar-refractivity contribution in [3.63, 3.8) is 0 Å². The first kappa shape index (κ1) is 12.1. The summed E-state index contributed by atoms with van der Waals surface area (Å²) in [5.41, 5.74) is 0. The molecule has 1 aliphatic heterocycles. The highest BCUT2D eigenvalue weighted by Gasteiger charge is 2.21. The molecule has 1 amide bonds. The Kier molecular flexibility index (Phi) is 4.14. The topological polar surface area (TPSA) is 59.0 Å². The van der Waals surface area contributed by atoms with Gasteiger partial charge in [-0.1, -0.05) is 0 Å². The Morgan fingerprint density at radius 2 is 2.53 bits per heavy atom. The summed E-state index contributed by atoms with van der Waals surface area (Å²) in [6.07, 6.45) is 6.81. The molecule has 1 aromatic heterocycles. The van der Waals surface area contributed by atoms with Crippen molar-refractivity contribution in [1.29, 1.82) is 0 Å². The molecule has 1 saturated heterocycles. The molecule has 2 unspecified atom stereocenters. The second-order valence-electron chi connectivity index (χ2n) is 4.64. The Bertz CT molecular complexity index is 349. The normalized spacial score (nSPS) is 22.9. The Morgan fingerprint density at radius 3 is 3.29 bits per heavy atom. The van der Waals surface area contributed by atoms with Gasteiger partial charge in [0, 0.05) is 25.0 Å². The molecule has 5 nitrogen and oxygen atoms in total. The third kappa shape index (κ3) is 3.56. The van der Waals surface area contributed by atoms with E-state index in [1.54, 1.807) is 6.20 Å². The maximum atomic E-state index is 11.8. The molecule has 1 aromatic rings. The van der Waals surface area contributed by atoms with Crippen LogP contribution in [-0.4, -0.2) is 34.3 Å². The molecule has 0 aliphatic carbocycles. The van der Waals surface area contributed by atoms with Crippen LogP contribution in [0.1, 0.15) is 26.2 Å². The first-order chi connectivity index (χ1) is 8.25. The summed E-state index contributed by atoms with van der Waals surface area (Å²) in [5, 5.41) is 10.5. The van der Waals surface area contributed by atoms with E-state index in [1.807, 2.05) is 16.9 Å². The van der Waals surface area contributed by atoms with Crippen molar-refractivity contribution in [2.24, 2.45) is 0 Å². The van der Waals surface area contributed by atoms with Gasteiger partial charge in [-0.3, -0.25) is 9.48 Å². The number of nitrogens with zero attached hydrogens (tertiary/aromatic N) is 2. The zero-order valence-corrected chi connectivity index (χ0v) is 10.2. The highest BCUT2D eigenvalue weighted by atomic mass is 16.2. The van der Waals surface area contributed by atoms with Gasteiger partial charge in [-0.2, -0.15) is 5.10 Å². The number of hydrogen-bond acceptors (Lipinski definition) is 3. The van der Waals surface area contributed by atoms with Gasteiger partial charge in [0.1, 0.15) is 0 Å². The number of nitrogens with one attached hydrogen (secondary N) is 2. The molecule has 94 valence electrons. The molecule has 2 rings (SSSR count). The van der Waals surface area contributed by atoms with Crippen molar-refractivity contribution in [3.05, 3.63) is 18.5 Å². The van der Waals surface area contributed by atoms with E-state index in [-0.39, 0.29) is 18.0 Å². The Balaban J connectivity index is 1.84. The molecule has 0 spiro atoms. The number of carbonyl (C=O) groups excluding carboxylic acids is 1. The average molecular weight is 236 g/mol. The molecule has 17 heavy (non-hydrogen) atoms. The fourth-order valence-corrected chi connectivity index (χ4v) is 2.18. The third-order valence-corrected chi connectivity index (χ3v) is 3.04. The van der Waals surface area contributed by atoms with E-state index in [0.717, 1.165) is 32.4 Å². The maximum Gasteiger partial charge on any atom is 0.237 e. The van der Waals surface area contributed by atoms with Crippen molar-refractivity contribution in [2.45, 2.75) is 44.8 Å². The smallest absolute Gasteiger partial charge is 0.237 e. The Morgan fingerprint density at radius 1 is 1.65 bits per heavy atom. The second-order valence-corrected chi connectivity index (χ2v) is 4.64. The lowest BCUT2D eigenvalue weighted by molar-refractivity contribution is -0.123. The maximum absolute atomic E-state index is 11.8. The fraction of sp³-hybridized carbons (Fsp3) is 0.667. The monoisotopic (exact) mass is 236 g/mol. The molecule has 1 aliphatic rings. The Hall–Kier alpha value is -1.36. The first-order valence-electron chi connectivity index (χ1n) is 6.27. The van der Waals surface area contributed by atoms with Gasteiger partial charge >= 0.3 is 0 Å². The van der Waals surface area contributed by atoms with E-state index in [4.69, 9.17) is 0 Å². The van der Waals surface area contributed by atoms with E-state index < -0.39 is 0 Å². The number of rotatable bonds is 4. The minimum Gasteiger partial charge on any atom is -0.355 e. The summed E-state index contributed by atoms with van der Waals surface area (Å²) in [6, 6.07) is 2.09. The van der Waals surface area contributed by atoms with Gasteiger partial charge in [-0.05, 0) is 32.3 Å². The van der Waals surface area contributed by atoms with E-state index >= 15 is 0 Å². The van der Waals surface area contributed by atoms with Crippen LogP contribution in [0.4, 0.5) is 0 Å². The number of amides is 1. The standard InChI is InChI=1S/C12H20N4O/c1-10(9-16-8-4-7-14-16)15-11-5-2-3-6-13-12(11)17/h4,7-8,10-11,15H,2-3,5-6,9H2,1H3,(H,13,17). The van der Waals surface area contributed by atoms with Crippen molar-refractivity contribution >= 4 is 5.91 Å². The summed E-state index contributed by atoms with van der Waals surface area (Å²) in [7, 11) is 0. The van der Waals surface area contributed by atoms with Gasteiger partial charge in [-0.25, -0.2) is 0 Å². The van der Waals surface area contributed by atoms with Crippen LogP contribution in [0.3, 0.4) is 0 Å². The molecule has 0 radical (unpaired) electrons. The molecular weight excluding hydrogens is 216 g/mol. The van der Waals surface area contributed by atoms with E-state index in [2.05, 4.69) is 22.7 Å². The third-order valence-electron chi connectivity index (χ3n) is 3.04. The van der Waals surface area contributed by atoms with Crippen LogP contribution in [0.25, 0.3) is 0 Å². The summed E-state index contributed by atoms with van der Waals surface area (Å²) in [4.78, 5) is 11.8. The van der Waals surface area contributed by atoms with Gasteiger partial charge in [0.05, 0.1) is 12.6 Å². The molecule has 2 atom stereocenters. The van der Waals surface area contributed by atoms with Crippen LogP contribution < -0.4 is 10.6 Å². The zero-order valence-electron chi connectivity index (χ0n) is 10.2. The van der Waals surface area contributed by atoms with Gasteiger partial charge in [0.15, 0.2) is 0 Å². The first-order valence-corrected chi connectivity index (χ1v) is 6.27. The highest BCUT2D eigenvalue weighted by Crippen LogP contribution is 2.06. The van der Waals surface area contributed by atoms with Crippen LogP contribution in [0.5, 0.6) is 0 Å². The number of aromatic nitrogens is 2. The quantitative estimate of drug-likeness (QED) is 0.801. The summed E-state index contributed by atoms with van der Waals surface area (Å²) < 4.78 is 1.88. The lowest BCUT2D eigenvalue weighted by Gasteiger charge is -2.20. The van der Waals surface area contributed by atoms with Crippen molar-refractivity contribution in [2.75, 3.05) is 6.54 Å². The van der Waals surface area contributed by atoms with E-state index in [1.165, 1.54) is 0 Å². The molecular formula is C12H20N4O. The van der Waals surface area contributed by atoms with Crippen LogP contribution in [0.15, 0.2) is 18.5 Å².